The summed E-state index contributed by atoms with van der Waals surface area (Å²) in [6.07, 6.45) is 1.55. The minimum atomic E-state index is -0.538. The summed E-state index contributed by atoms with van der Waals surface area (Å²) in [5.74, 6) is -1.06. The molecule has 0 unspecified atom stereocenters. The number of para-hydroxylation sites is 1. The van der Waals surface area contributed by atoms with Gasteiger partial charge >= 0.3 is 0 Å². The Hall–Kier alpha value is -3.08. The molecule has 1 saturated heterocycles. The molecule has 3 amide bonds. The summed E-state index contributed by atoms with van der Waals surface area (Å²) in [7, 11) is 0. The summed E-state index contributed by atoms with van der Waals surface area (Å²) < 4.78 is 0. The fourth-order valence-corrected chi connectivity index (χ4v) is 3.36. The maximum atomic E-state index is 12.5. The number of hydrogen-bond donors (Lipinski definition) is 1. The first-order valence-corrected chi connectivity index (χ1v) is 8.97. The molecule has 2 aromatic rings. The SMILES string of the molecule is N#Cc1ccc(/C=C2/SC(=O)N(CC(=O)Nc3ccccc3Cl)C2=O)cc1. The fourth-order valence-electron chi connectivity index (χ4n) is 2.34. The van der Waals surface area contributed by atoms with Crippen molar-refractivity contribution >= 4 is 52.2 Å². The molecule has 0 radical (unpaired) electrons. The van der Waals surface area contributed by atoms with Crippen molar-refractivity contribution in [3.8, 4) is 6.07 Å². The van der Waals surface area contributed by atoms with Crippen molar-refractivity contribution < 1.29 is 14.4 Å². The van der Waals surface area contributed by atoms with E-state index in [1.807, 2.05) is 6.07 Å². The normalized spacial score (nSPS) is 15.1. The van der Waals surface area contributed by atoms with E-state index in [1.54, 1.807) is 54.6 Å². The lowest BCUT2D eigenvalue weighted by Gasteiger charge is -2.13. The summed E-state index contributed by atoms with van der Waals surface area (Å²) in [4.78, 5) is 37.8. The second-order valence-corrected chi connectivity index (χ2v) is 6.93. The molecule has 0 aromatic heterocycles. The summed E-state index contributed by atoms with van der Waals surface area (Å²) in [5.41, 5.74) is 1.58. The first-order valence-electron chi connectivity index (χ1n) is 7.78. The molecule has 1 N–H and O–H groups in total. The molecule has 27 heavy (non-hydrogen) atoms. The molecule has 1 heterocycles. The zero-order chi connectivity index (χ0) is 19.4. The van der Waals surface area contributed by atoms with Crippen LogP contribution in [-0.2, 0) is 9.59 Å². The second-order valence-electron chi connectivity index (χ2n) is 5.53. The van der Waals surface area contributed by atoms with Crippen LogP contribution in [0, 0.1) is 11.3 Å². The number of nitriles is 1. The smallest absolute Gasteiger partial charge is 0.294 e. The zero-order valence-corrected chi connectivity index (χ0v) is 15.4. The van der Waals surface area contributed by atoms with Crippen LogP contribution >= 0.6 is 23.4 Å². The van der Waals surface area contributed by atoms with Gasteiger partial charge in [-0.1, -0.05) is 35.9 Å². The number of carbonyl (C=O) groups is 3. The zero-order valence-electron chi connectivity index (χ0n) is 13.8. The number of carbonyl (C=O) groups excluding carboxylic acids is 3. The van der Waals surface area contributed by atoms with Crippen molar-refractivity contribution in [2.45, 2.75) is 0 Å². The van der Waals surface area contributed by atoms with Gasteiger partial charge < -0.3 is 5.32 Å². The minimum absolute atomic E-state index is 0.218. The van der Waals surface area contributed by atoms with Crippen molar-refractivity contribution in [1.82, 2.24) is 4.90 Å². The van der Waals surface area contributed by atoms with Gasteiger partial charge in [0.05, 0.1) is 27.2 Å². The molecule has 2 aromatic carbocycles. The molecule has 8 heteroatoms. The van der Waals surface area contributed by atoms with Crippen molar-refractivity contribution in [3.63, 3.8) is 0 Å². The molecular weight excluding hydrogens is 386 g/mol. The number of nitrogens with zero attached hydrogens (tertiary/aromatic N) is 2. The van der Waals surface area contributed by atoms with E-state index in [2.05, 4.69) is 5.32 Å². The summed E-state index contributed by atoms with van der Waals surface area (Å²) in [6, 6.07) is 15.3. The molecule has 0 spiro atoms. The van der Waals surface area contributed by atoms with Gasteiger partial charge in [-0.05, 0) is 47.7 Å². The van der Waals surface area contributed by atoms with Gasteiger partial charge in [-0.3, -0.25) is 19.3 Å². The van der Waals surface area contributed by atoms with Crippen LogP contribution in [0.15, 0.2) is 53.4 Å². The molecule has 1 aliphatic heterocycles. The Kier molecular flexibility index (Phi) is 5.60. The molecule has 1 fully saturated rings. The van der Waals surface area contributed by atoms with Crippen LogP contribution in [-0.4, -0.2) is 28.5 Å². The largest absolute Gasteiger partial charge is 0.323 e. The Labute approximate surface area is 164 Å². The lowest BCUT2D eigenvalue weighted by atomic mass is 10.1. The van der Waals surface area contributed by atoms with E-state index in [4.69, 9.17) is 16.9 Å². The van der Waals surface area contributed by atoms with E-state index in [0.29, 0.717) is 21.8 Å². The number of thioether (sulfide) groups is 1. The number of hydrogen-bond acceptors (Lipinski definition) is 5. The molecule has 6 nitrogen and oxygen atoms in total. The maximum Gasteiger partial charge on any atom is 0.294 e. The van der Waals surface area contributed by atoms with Gasteiger partial charge in [-0.2, -0.15) is 5.26 Å². The Balaban J connectivity index is 1.70. The number of halogens is 1. The number of anilines is 1. The quantitative estimate of drug-likeness (QED) is 0.790. The van der Waals surface area contributed by atoms with Gasteiger partial charge in [0.1, 0.15) is 6.54 Å². The Bertz CT molecular complexity index is 996. The fraction of sp³-hybridized carbons (Fsp3) is 0.0526. The van der Waals surface area contributed by atoms with Crippen LogP contribution in [0.1, 0.15) is 11.1 Å². The highest BCUT2D eigenvalue weighted by molar-refractivity contribution is 8.18. The third kappa shape index (κ3) is 4.37. The number of benzene rings is 2. The highest BCUT2D eigenvalue weighted by Crippen LogP contribution is 2.32. The van der Waals surface area contributed by atoms with E-state index in [0.717, 1.165) is 16.7 Å². The van der Waals surface area contributed by atoms with Gasteiger partial charge in [-0.15, -0.1) is 0 Å². The van der Waals surface area contributed by atoms with Gasteiger partial charge in [0.15, 0.2) is 0 Å². The number of amides is 3. The molecule has 0 saturated carbocycles. The summed E-state index contributed by atoms with van der Waals surface area (Å²) in [5, 5.41) is 11.2. The standard InChI is InChI=1S/C19H12ClN3O3S/c20-14-3-1-2-4-15(14)22-17(24)11-23-18(25)16(27-19(23)26)9-12-5-7-13(10-21)8-6-12/h1-9H,11H2,(H,22,24)/b16-9+. The van der Waals surface area contributed by atoms with Crippen LogP contribution in [0.3, 0.4) is 0 Å². The number of nitrogens with one attached hydrogen (secondary N) is 1. The monoisotopic (exact) mass is 397 g/mol. The third-order valence-corrected chi connectivity index (χ3v) is 4.90. The predicted molar refractivity (Wildman–Crippen MR) is 104 cm³/mol. The molecule has 0 aliphatic carbocycles. The van der Waals surface area contributed by atoms with E-state index >= 15 is 0 Å². The average Bonchev–Trinajstić information content (AvgIpc) is 2.91. The first kappa shape index (κ1) is 18.7. The summed E-state index contributed by atoms with van der Waals surface area (Å²) in [6.45, 7) is -0.402. The van der Waals surface area contributed by atoms with Gasteiger partial charge in [0.2, 0.25) is 5.91 Å². The van der Waals surface area contributed by atoms with Crippen LogP contribution in [0.2, 0.25) is 5.02 Å². The Morgan fingerprint density at radius 2 is 1.89 bits per heavy atom. The number of rotatable bonds is 4. The topological polar surface area (TPSA) is 90.3 Å². The predicted octanol–water partition coefficient (Wildman–Crippen LogP) is 3.89. The van der Waals surface area contributed by atoms with Gasteiger partial charge in [0.25, 0.3) is 11.1 Å². The molecular formula is C19H12ClN3O3S. The van der Waals surface area contributed by atoms with E-state index in [9.17, 15) is 14.4 Å². The van der Waals surface area contributed by atoms with E-state index in [-0.39, 0.29) is 4.91 Å². The lowest BCUT2D eigenvalue weighted by molar-refractivity contribution is -0.127. The Morgan fingerprint density at radius 3 is 2.56 bits per heavy atom. The van der Waals surface area contributed by atoms with Crippen LogP contribution in [0.5, 0.6) is 0 Å². The highest BCUT2D eigenvalue weighted by atomic mass is 35.5. The van der Waals surface area contributed by atoms with E-state index < -0.39 is 23.6 Å². The molecule has 134 valence electrons. The third-order valence-electron chi connectivity index (χ3n) is 3.66. The van der Waals surface area contributed by atoms with Crippen LogP contribution in [0.4, 0.5) is 10.5 Å². The van der Waals surface area contributed by atoms with Crippen molar-refractivity contribution in [2.75, 3.05) is 11.9 Å². The Morgan fingerprint density at radius 1 is 1.19 bits per heavy atom. The molecule has 1 aliphatic rings. The number of imide groups is 1. The van der Waals surface area contributed by atoms with Crippen LogP contribution in [0.25, 0.3) is 6.08 Å². The highest BCUT2D eigenvalue weighted by Gasteiger charge is 2.36. The lowest BCUT2D eigenvalue weighted by Crippen LogP contribution is -2.36. The van der Waals surface area contributed by atoms with Crippen molar-refractivity contribution in [3.05, 3.63) is 69.6 Å². The minimum Gasteiger partial charge on any atom is -0.323 e. The van der Waals surface area contributed by atoms with Crippen molar-refractivity contribution in [2.24, 2.45) is 0 Å². The van der Waals surface area contributed by atoms with E-state index in [1.165, 1.54) is 0 Å². The molecule has 0 atom stereocenters. The van der Waals surface area contributed by atoms with Gasteiger partial charge in [0, 0.05) is 0 Å². The van der Waals surface area contributed by atoms with Gasteiger partial charge in [-0.25, -0.2) is 0 Å². The van der Waals surface area contributed by atoms with Crippen molar-refractivity contribution in [1.29, 1.82) is 5.26 Å². The second kappa shape index (κ2) is 8.08. The average molecular weight is 398 g/mol. The van der Waals surface area contributed by atoms with Crippen LogP contribution < -0.4 is 5.32 Å². The maximum absolute atomic E-state index is 12.5. The summed E-state index contributed by atoms with van der Waals surface area (Å²) >= 11 is 6.75. The molecule has 3 rings (SSSR count). The molecule has 0 bridgehead atoms. The first-order chi connectivity index (χ1) is 13.0.